The number of nitrogens with two attached hydrogens (primary N) is 1. The maximum Gasteiger partial charge on any atom is 0.288 e. The van der Waals surface area contributed by atoms with Gasteiger partial charge in [0.25, 0.3) is 17.2 Å². The number of amides is 1. The van der Waals surface area contributed by atoms with Crippen LogP contribution >= 0.6 is 0 Å². The lowest BCUT2D eigenvalue weighted by Gasteiger charge is -2.03. The number of nitro groups is 1. The van der Waals surface area contributed by atoms with Crippen LogP contribution in [0.1, 0.15) is 21.8 Å². The van der Waals surface area contributed by atoms with Gasteiger partial charge < -0.3 is 9.09 Å². The molecule has 21 heavy (non-hydrogen) atoms. The first-order chi connectivity index (χ1) is 9.92. The standard InChI is InChI=1S/C11H11N5O5/c1-6-2-10(17)15(5-9(6)16(19)20)4-7-3-8(14-21-7)11(18)13-12/h2-3,5H,4,12H2,1H3,(H,13,18). The van der Waals surface area contributed by atoms with Gasteiger partial charge in [0.2, 0.25) is 0 Å². The van der Waals surface area contributed by atoms with E-state index in [4.69, 9.17) is 10.4 Å². The number of carbonyl (C=O) groups is 1. The van der Waals surface area contributed by atoms with Crippen molar-refractivity contribution in [3.8, 4) is 0 Å². The minimum absolute atomic E-state index is 0.0536. The Balaban J connectivity index is 2.33. The van der Waals surface area contributed by atoms with Crippen LogP contribution in [0.15, 0.2) is 27.6 Å². The van der Waals surface area contributed by atoms with E-state index in [-0.39, 0.29) is 29.2 Å². The van der Waals surface area contributed by atoms with Crippen molar-refractivity contribution in [1.82, 2.24) is 15.1 Å². The van der Waals surface area contributed by atoms with Crippen molar-refractivity contribution < 1.29 is 14.2 Å². The van der Waals surface area contributed by atoms with E-state index in [1.54, 1.807) is 0 Å². The molecule has 2 aromatic heterocycles. The third-order valence-electron chi connectivity index (χ3n) is 2.75. The fourth-order valence-electron chi connectivity index (χ4n) is 1.71. The van der Waals surface area contributed by atoms with Gasteiger partial charge in [0.1, 0.15) is 0 Å². The van der Waals surface area contributed by atoms with Crippen molar-refractivity contribution in [1.29, 1.82) is 0 Å². The number of carbonyl (C=O) groups excluding carboxylic acids is 1. The van der Waals surface area contributed by atoms with Gasteiger partial charge in [-0.05, 0) is 6.92 Å². The maximum atomic E-state index is 11.8. The first-order valence-corrected chi connectivity index (χ1v) is 5.74. The van der Waals surface area contributed by atoms with E-state index in [2.05, 4.69) is 5.16 Å². The quantitative estimate of drug-likeness (QED) is 0.340. The molecule has 0 aliphatic carbocycles. The van der Waals surface area contributed by atoms with Crippen molar-refractivity contribution in [2.24, 2.45) is 5.84 Å². The first-order valence-electron chi connectivity index (χ1n) is 5.74. The van der Waals surface area contributed by atoms with E-state index in [0.717, 1.165) is 16.8 Å². The summed E-state index contributed by atoms with van der Waals surface area (Å²) in [7, 11) is 0. The molecule has 1 amide bonds. The zero-order chi connectivity index (χ0) is 15.6. The Labute approximate surface area is 117 Å². The number of hydrogen-bond donors (Lipinski definition) is 2. The zero-order valence-electron chi connectivity index (χ0n) is 10.9. The molecule has 110 valence electrons. The van der Waals surface area contributed by atoms with Gasteiger partial charge in [-0.15, -0.1) is 0 Å². The number of hydrogen-bond acceptors (Lipinski definition) is 7. The molecule has 0 aromatic carbocycles. The van der Waals surface area contributed by atoms with Gasteiger partial charge in [-0.2, -0.15) is 0 Å². The summed E-state index contributed by atoms with van der Waals surface area (Å²) in [6.07, 6.45) is 1.11. The molecule has 0 fully saturated rings. The van der Waals surface area contributed by atoms with E-state index in [1.165, 1.54) is 13.0 Å². The molecule has 10 nitrogen and oxygen atoms in total. The van der Waals surface area contributed by atoms with Gasteiger partial charge in [0.15, 0.2) is 11.5 Å². The SMILES string of the molecule is Cc1cc(=O)n(Cc2cc(C(=O)NN)no2)cc1[N+](=O)[O-]. The second-order valence-corrected chi connectivity index (χ2v) is 4.22. The molecular formula is C11H11N5O5. The second kappa shape index (κ2) is 5.54. The van der Waals surface area contributed by atoms with Gasteiger partial charge in [-0.3, -0.25) is 25.1 Å². The number of aromatic nitrogens is 2. The Morgan fingerprint density at radius 1 is 1.57 bits per heavy atom. The van der Waals surface area contributed by atoms with Gasteiger partial charge >= 0.3 is 0 Å². The monoisotopic (exact) mass is 293 g/mol. The number of rotatable bonds is 4. The maximum absolute atomic E-state index is 11.8. The van der Waals surface area contributed by atoms with Crippen LogP contribution in [-0.2, 0) is 6.54 Å². The predicted molar refractivity (Wildman–Crippen MR) is 69.4 cm³/mol. The fraction of sp³-hybridized carbons (Fsp3) is 0.182. The third kappa shape index (κ3) is 2.95. The lowest BCUT2D eigenvalue weighted by atomic mass is 10.2. The molecular weight excluding hydrogens is 282 g/mol. The molecule has 0 saturated carbocycles. The highest BCUT2D eigenvalue weighted by molar-refractivity contribution is 5.91. The Morgan fingerprint density at radius 2 is 2.29 bits per heavy atom. The lowest BCUT2D eigenvalue weighted by Crippen LogP contribution is -2.30. The predicted octanol–water partition coefficient (Wildman–Crippen LogP) is -0.295. The van der Waals surface area contributed by atoms with E-state index in [9.17, 15) is 19.7 Å². The molecule has 2 heterocycles. The van der Waals surface area contributed by atoms with Crippen LogP contribution in [0.5, 0.6) is 0 Å². The number of aryl methyl sites for hydroxylation is 1. The summed E-state index contributed by atoms with van der Waals surface area (Å²) in [6.45, 7) is 1.38. The Morgan fingerprint density at radius 3 is 2.90 bits per heavy atom. The molecule has 0 aliphatic rings. The number of pyridine rings is 1. The minimum atomic E-state index is -0.646. The van der Waals surface area contributed by atoms with Crippen molar-refractivity contribution in [2.45, 2.75) is 13.5 Å². The van der Waals surface area contributed by atoms with Crippen LogP contribution in [0.3, 0.4) is 0 Å². The van der Waals surface area contributed by atoms with Crippen LogP contribution in [0, 0.1) is 17.0 Å². The molecule has 0 radical (unpaired) electrons. The first kappa shape index (κ1) is 14.4. The highest BCUT2D eigenvalue weighted by atomic mass is 16.6. The van der Waals surface area contributed by atoms with Crippen LogP contribution in [0.25, 0.3) is 0 Å². The topological polar surface area (TPSA) is 146 Å². The molecule has 0 atom stereocenters. The van der Waals surface area contributed by atoms with Crippen molar-refractivity contribution in [3.63, 3.8) is 0 Å². The average Bonchev–Trinajstić information content (AvgIpc) is 2.89. The summed E-state index contributed by atoms with van der Waals surface area (Å²) in [5.74, 6) is 4.49. The molecule has 0 saturated heterocycles. The molecule has 3 N–H and O–H groups in total. The fourth-order valence-corrected chi connectivity index (χ4v) is 1.71. The summed E-state index contributed by atoms with van der Waals surface area (Å²) in [5.41, 5.74) is 1.48. The van der Waals surface area contributed by atoms with Gasteiger partial charge in [-0.25, -0.2) is 5.84 Å². The normalized spacial score (nSPS) is 10.4. The van der Waals surface area contributed by atoms with Gasteiger partial charge in [0.05, 0.1) is 17.7 Å². The smallest absolute Gasteiger partial charge is 0.288 e. The summed E-state index contributed by atoms with van der Waals surface area (Å²) >= 11 is 0. The van der Waals surface area contributed by atoms with E-state index >= 15 is 0 Å². The number of nitrogen functional groups attached to an aromatic ring is 1. The summed E-state index contributed by atoms with van der Waals surface area (Å²) in [5, 5.41) is 14.3. The highest BCUT2D eigenvalue weighted by Gasteiger charge is 2.16. The average molecular weight is 293 g/mol. The molecule has 10 heteroatoms. The molecule has 0 spiro atoms. The van der Waals surface area contributed by atoms with Gasteiger partial charge in [0, 0.05) is 17.7 Å². The number of nitrogens with zero attached hydrogens (tertiary/aromatic N) is 3. The lowest BCUT2D eigenvalue weighted by molar-refractivity contribution is -0.385. The molecule has 2 aromatic rings. The second-order valence-electron chi connectivity index (χ2n) is 4.22. The number of nitrogens with one attached hydrogen (secondary N) is 1. The Hall–Kier alpha value is -3.01. The van der Waals surface area contributed by atoms with Crippen molar-refractivity contribution in [3.05, 3.63) is 55.8 Å². The highest BCUT2D eigenvalue weighted by Crippen LogP contribution is 2.15. The number of hydrazine groups is 1. The van der Waals surface area contributed by atoms with Crippen molar-refractivity contribution in [2.75, 3.05) is 0 Å². The van der Waals surface area contributed by atoms with Crippen LogP contribution in [0.4, 0.5) is 5.69 Å². The third-order valence-corrected chi connectivity index (χ3v) is 2.75. The van der Waals surface area contributed by atoms with Gasteiger partial charge in [-0.1, -0.05) is 5.16 Å². The molecule has 2 rings (SSSR count). The zero-order valence-corrected chi connectivity index (χ0v) is 10.9. The Kier molecular flexibility index (Phi) is 3.80. The largest absolute Gasteiger partial charge is 0.359 e. The Bertz CT molecular complexity index is 763. The molecule has 0 bridgehead atoms. The molecule has 0 aliphatic heterocycles. The van der Waals surface area contributed by atoms with Crippen LogP contribution in [-0.4, -0.2) is 20.6 Å². The van der Waals surface area contributed by atoms with Crippen LogP contribution in [0.2, 0.25) is 0 Å². The van der Waals surface area contributed by atoms with Crippen LogP contribution < -0.4 is 16.8 Å². The van der Waals surface area contributed by atoms with E-state index in [1.807, 2.05) is 5.43 Å². The summed E-state index contributed by atoms with van der Waals surface area (Å²) < 4.78 is 5.97. The molecule has 0 unspecified atom stereocenters. The summed E-state index contributed by atoms with van der Waals surface area (Å²) in [6, 6.07) is 2.45. The van der Waals surface area contributed by atoms with E-state index < -0.39 is 16.4 Å². The summed E-state index contributed by atoms with van der Waals surface area (Å²) in [4.78, 5) is 33.3. The van der Waals surface area contributed by atoms with Crippen molar-refractivity contribution >= 4 is 11.6 Å². The minimum Gasteiger partial charge on any atom is -0.359 e. The van der Waals surface area contributed by atoms with E-state index in [0.29, 0.717) is 0 Å².